The van der Waals surface area contributed by atoms with Crippen molar-refractivity contribution in [2.24, 2.45) is 7.05 Å². The van der Waals surface area contributed by atoms with Crippen molar-refractivity contribution in [3.63, 3.8) is 0 Å². The molecule has 2 aromatic heterocycles. The molecule has 148 valence electrons. The molecule has 3 rings (SSSR count). The molecule has 1 aliphatic rings. The van der Waals surface area contributed by atoms with Crippen molar-refractivity contribution in [2.45, 2.75) is 71.5 Å². The summed E-state index contributed by atoms with van der Waals surface area (Å²) >= 11 is 0. The van der Waals surface area contributed by atoms with E-state index in [2.05, 4.69) is 17.1 Å². The molecule has 0 spiro atoms. The Morgan fingerprint density at radius 2 is 2.07 bits per heavy atom. The summed E-state index contributed by atoms with van der Waals surface area (Å²) in [6, 6.07) is 1.95. The van der Waals surface area contributed by atoms with E-state index >= 15 is 0 Å². The Morgan fingerprint density at radius 3 is 2.74 bits per heavy atom. The van der Waals surface area contributed by atoms with Crippen LogP contribution < -0.4 is 5.69 Å². The Hall–Kier alpha value is -2.38. The number of amides is 1. The quantitative estimate of drug-likeness (QED) is 0.741. The fraction of sp³-hybridized carbons (Fsp3) is 0.684. The molecule has 0 N–H and O–H groups in total. The molecule has 0 unspecified atom stereocenters. The van der Waals surface area contributed by atoms with Crippen LogP contribution in [0.1, 0.15) is 63.5 Å². The number of likely N-dealkylation sites (tertiary alicyclic amines) is 1. The lowest BCUT2D eigenvalue weighted by atomic mass is 9.99. The molecule has 2 aromatic rings. The SMILES string of the molecule is CCCCc1nn(CC(=O)N2CCCC[C@@H]2c2ccn(C)n2)c(=O)n1CC. The standard InChI is InChI=1S/C19H30N6O2/c1-4-6-10-17-21-25(19(27)23(17)5-2)14-18(26)24-12-8-7-9-16(24)15-11-13-22(3)20-15/h11,13,16H,4-10,12,14H2,1-3H3/t16-/m1/s1. The second kappa shape index (κ2) is 8.54. The third-order valence-electron chi connectivity index (χ3n) is 5.25. The number of carbonyl (C=O) groups is 1. The maximum atomic E-state index is 13.0. The van der Waals surface area contributed by atoms with Crippen molar-refractivity contribution >= 4 is 5.91 Å². The van der Waals surface area contributed by atoms with Crippen molar-refractivity contribution in [2.75, 3.05) is 6.54 Å². The molecule has 0 saturated carbocycles. The molecular formula is C19H30N6O2. The minimum Gasteiger partial charge on any atom is -0.332 e. The summed E-state index contributed by atoms with van der Waals surface area (Å²) in [5, 5.41) is 8.95. The minimum absolute atomic E-state index is 0.00566. The largest absolute Gasteiger partial charge is 0.346 e. The zero-order chi connectivity index (χ0) is 19.4. The van der Waals surface area contributed by atoms with E-state index in [1.165, 1.54) is 4.68 Å². The number of hydrogen-bond acceptors (Lipinski definition) is 4. The van der Waals surface area contributed by atoms with Crippen molar-refractivity contribution in [1.29, 1.82) is 0 Å². The Balaban J connectivity index is 1.79. The molecule has 0 aromatic carbocycles. The van der Waals surface area contributed by atoms with Gasteiger partial charge in [0.15, 0.2) is 0 Å². The first-order valence-electron chi connectivity index (χ1n) is 10.0. The summed E-state index contributed by atoms with van der Waals surface area (Å²) in [4.78, 5) is 27.5. The van der Waals surface area contributed by atoms with Gasteiger partial charge in [0.1, 0.15) is 12.4 Å². The zero-order valence-electron chi connectivity index (χ0n) is 16.6. The third-order valence-corrected chi connectivity index (χ3v) is 5.25. The number of piperidine rings is 1. The van der Waals surface area contributed by atoms with Gasteiger partial charge in [0.05, 0.1) is 11.7 Å². The van der Waals surface area contributed by atoms with Gasteiger partial charge < -0.3 is 4.90 Å². The summed E-state index contributed by atoms with van der Waals surface area (Å²) in [7, 11) is 1.88. The maximum absolute atomic E-state index is 13.0. The molecule has 0 aliphatic carbocycles. The number of aromatic nitrogens is 5. The van der Waals surface area contributed by atoms with Gasteiger partial charge in [0.25, 0.3) is 0 Å². The van der Waals surface area contributed by atoms with E-state index in [0.717, 1.165) is 50.0 Å². The smallest absolute Gasteiger partial charge is 0.332 e. The molecular weight excluding hydrogens is 344 g/mol. The highest BCUT2D eigenvalue weighted by Crippen LogP contribution is 2.29. The topological polar surface area (TPSA) is 78.0 Å². The van der Waals surface area contributed by atoms with Crippen LogP contribution in [0.3, 0.4) is 0 Å². The summed E-state index contributed by atoms with van der Waals surface area (Å²) in [6.07, 6.45) is 7.66. The zero-order valence-corrected chi connectivity index (χ0v) is 16.6. The summed E-state index contributed by atoms with van der Waals surface area (Å²) in [6.45, 7) is 5.32. The molecule has 1 fully saturated rings. The van der Waals surface area contributed by atoms with Crippen molar-refractivity contribution < 1.29 is 4.79 Å². The summed E-state index contributed by atoms with van der Waals surface area (Å²) in [5.74, 6) is 0.715. The Labute approximate surface area is 159 Å². The average molecular weight is 374 g/mol. The van der Waals surface area contributed by atoms with Gasteiger partial charge in [-0.2, -0.15) is 10.2 Å². The van der Waals surface area contributed by atoms with Gasteiger partial charge in [0, 0.05) is 32.8 Å². The molecule has 8 nitrogen and oxygen atoms in total. The predicted octanol–water partition coefficient (Wildman–Crippen LogP) is 1.89. The van der Waals surface area contributed by atoms with E-state index in [1.807, 2.05) is 31.1 Å². The number of rotatable bonds is 7. The first-order valence-corrected chi connectivity index (χ1v) is 10.0. The first-order chi connectivity index (χ1) is 13.0. The van der Waals surface area contributed by atoms with Crippen LogP contribution in [0.2, 0.25) is 0 Å². The normalized spacial score (nSPS) is 17.4. The molecule has 1 atom stereocenters. The van der Waals surface area contributed by atoms with Gasteiger partial charge in [-0.25, -0.2) is 9.48 Å². The molecule has 1 amide bonds. The molecule has 1 saturated heterocycles. The number of nitrogens with zero attached hydrogens (tertiary/aromatic N) is 6. The number of carbonyl (C=O) groups excluding carboxylic acids is 1. The Morgan fingerprint density at radius 1 is 1.26 bits per heavy atom. The highest BCUT2D eigenvalue weighted by atomic mass is 16.2. The first kappa shape index (κ1) is 19.4. The molecule has 0 bridgehead atoms. The lowest BCUT2D eigenvalue weighted by molar-refractivity contribution is -0.136. The van der Waals surface area contributed by atoms with Crippen LogP contribution in [0.15, 0.2) is 17.1 Å². The van der Waals surface area contributed by atoms with Crippen LogP contribution in [0, 0.1) is 0 Å². The van der Waals surface area contributed by atoms with Crippen LogP contribution in [-0.4, -0.2) is 41.5 Å². The van der Waals surface area contributed by atoms with Gasteiger partial charge >= 0.3 is 5.69 Å². The monoisotopic (exact) mass is 374 g/mol. The number of unbranched alkanes of at least 4 members (excludes halogenated alkanes) is 1. The summed E-state index contributed by atoms with van der Waals surface area (Å²) in [5.41, 5.74) is 0.726. The third kappa shape index (κ3) is 4.14. The van der Waals surface area contributed by atoms with Crippen molar-refractivity contribution in [3.8, 4) is 0 Å². The van der Waals surface area contributed by atoms with Crippen LogP contribution >= 0.6 is 0 Å². The second-order valence-electron chi connectivity index (χ2n) is 7.22. The van der Waals surface area contributed by atoms with Crippen LogP contribution in [0.4, 0.5) is 0 Å². The van der Waals surface area contributed by atoms with Gasteiger partial charge in [-0.1, -0.05) is 13.3 Å². The van der Waals surface area contributed by atoms with E-state index in [-0.39, 0.29) is 24.2 Å². The predicted molar refractivity (Wildman–Crippen MR) is 102 cm³/mol. The van der Waals surface area contributed by atoms with E-state index in [0.29, 0.717) is 13.1 Å². The fourth-order valence-electron chi connectivity index (χ4n) is 3.79. The van der Waals surface area contributed by atoms with Crippen LogP contribution in [0.5, 0.6) is 0 Å². The Bertz CT molecular complexity index is 834. The van der Waals surface area contributed by atoms with Crippen LogP contribution in [0.25, 0.3) is 0 Å². The maximum Gasteiger partial charge on any atom is 0.346 e. The van der Waals surface area contributed by atoms with Gasteiger partial charge in [-0.3, -0.25) is 14.0 Å². The molecule has 8 heteroatoms. The molecule has 27 heavy (non-hydrogen) atoms. The van der Waals surface area contributed by atoms with E-state index in [1.54, 1.807) is 9.25 Å². The van der Waals surface area contributed by atoms with E-state index in [9.17, 15) is 9.59 Å². The highest BCUT2D eigenvalue weighted by molar-refractivity contribution is 5.76. The van der Waals surface area contributed by atoms with E-state index in [4.69, 9.17) is 0 Å². The van der Waals surface area contributed by atoms with Gasteiger partial charge in [-0.05, 0) is 38.7 Å². The van der Waals surface area contributed by atoms with E-state index < -0.39 is 0 Å². The highest BCUT2D eigenvalue weighted by Gasteiger charge is 2.30. The minimum atomic E-state index is -0.191. The van der Waals surface area contributed by atoms with Gasteiger partial charge in [-0.15, -0.1) is 0 Å². The average Bonchev–Trinajstić information content (AvgIpc) is 3.23. The van der Waals surface area contributed by atoms with Crippen molar-refractivity contribution in [3.05, 3.63) is 34.3 Å². The number of hydrogen-bond donors (Lipinski definition) is 0. The lowest BCUT2D eigenvalue weighted by Crippen LogP contribution is -2.42. The molecule has 0 radical (unpaired) electrons. The fourth-order valence-corrected chi connectivity index (χ4v) is 3.79. The van der Waals surface area contributed by atoms with Crippen molar-refractivity contribution in [1.82, 2.24) is 29.0 Å². The number of aryl methyl sites for hydroxylation is 2. The van der Waals surface area contributed by atoms with Gasteiger partial charge in [0.2, 0.25) is 5.91 Å². The van der Waals surface area contributed by atoms with Crippen LogP contribution in [-0.2, 0) is 31.4 Å². The Kier molecular flexibility index (Phi) is 6.13. The lowest BCUT2D eigenvalue weighted by Gasteiger charge is -2.34. The molecule has 3 heterocycles. The molecule has 1 aliphatic heterocycles. The summed E-state index contributed by atoms with van der Waals surface area (Å²) < 4.78 is 4.77. The second-order valence-corrected chi connectivity index (χ2v) is 7.22.